The van der Waals surface area contributed by atoms with Crippen molar-refractivity contribution in [2.45, 2.75) is 38.8 Å². The van der Waals surface area contributed by atoms with Crippen LogP contribution in [0.5, 0.6) is 0 Å². The standard InChI is InChI=1S/C20H24FN3O2/c1-3-11-20(2,22)19(26)23-13-14-5-4-6-17(12-14)24-18(25)15-7-9-16(21)10-8-15/h4-10,12H,3,11,13,22H2,1-2H3,(H,23,26)(H,24,25). The van der Waals surface area contributed by atoms with Gasteiger partial charge in [-0.05, 0) is 55.3 Å². The van der Waals surface area contributed by atoms with Gasteiger partial charge in [0.25, 0.3) is 5.91 Å². The summed E-state index contributed by atoms with van der Waals surface area (Å²) < 4.78 is 12.9. The minimum Gasteiger partial charge on any atom is -0.350 e. The highest BCUT2D eigenvalue weighted by atomic mass is 19.1. The maximum Gasteiger partial charge on any atom is 0.255 e. The summed E-state index contributed by atoms with van der Waals surface area (Å²) in [4.78, 5) is 24.4. The molecular formula is C20H24FN3O2. The quantitative estimate of drug-likeness (QED) is 0.711. The van der Waals surface area contributed by atoms with E-state index in [0.29, 0.717) is 24.2 Å². The largest absolute Gasteiger partial charge is 0.350 e. The maximum atomic E-state index is 12.9. The van der Waals surface area contributed by atoms with Crippen molar-refractivity contribution in [3.05, 3.63) is 65.5 Å². The Balaban J connectivity index is 1.98. The van der Waals surface area contributed by atoms with Gasteiger partial charge in [0.15, 0.2) is 0 Å². The van der Waals surface area contributed by atoms with Crippen LogP contribution in [0.1, 0.15) is 42.6 Å². The van der Waals surface area contributed by atoms with Gasteiger partial charge in [0.05, 0.1) is 5.54 Å². The monoisotopic (exact) mass is 357 g/mol. The Kier molecular flexibility index (Phi) is 6.46. The van der Waals surface area contributed by atoms with Gasteiger partial charge in [-0.1, -0.05) is 25.5 Å². The smallest absolute Gasteiger partial charge is 0.255 e. The van der Waals surface area contributed by atoms with Crippen molar-refractivity contribution < 1.29 is 14.0 Å². The minimum absolute atomic E-state index is 0.208. The third-order valence-corrected chi connectivity index (χ3v) is 4.03. The van der Waals surface area contributed by atoms with Crippen molar-refractivity contribution in [3.63, 3.8) is 0 Å². The molecule has 0 aliphatic heterocycles. The highest BCUT2D eigenvalue weighted by Crippen LogP contribution is 2.14. The second-order valence-corrected chi connectivity index (χ2v) is 6.51. The molecule has 0 fully saturated rings. The predicted octanol–water partition coefficient (Wildman–Crippen LogP) is 3.21. The molecule has 6 heteroatoms. The van der Waals surface area contributed by atoms with Crippen LogP contribution < -0.4 is 16.4 Å². The summed E-state index contributed by atoms with van der Waals surface area (Å²) in [7, 11) is 0. The van der Waals surface area contributed by atoms with E-state index >= 15 is 0 Å². The number of anilines is 1. The van der Waals surface area contributed by atoms with E-state index in [9.17, 15) is 14.0 Å². The lowest BCUT2D eigenvalue weighted by molar-refractivity contribution is -0.126. The number of carbonyl (C=O) groups excluding carboxylic acids is 2. The van der Waals surface area contributed by atoms with Crippen molar-refractivity contribution in [2.24, 2.45) is 5.73 Å². The highest BCUT2D eigenvalue weighted by Gasteiger charge is 2.26. The molecule has 0 bridgehead atoms. The Hall–Kier alpha value is -2.73. The van der Waals surface area contributed by atoms with Crippen LogP contribution in [0.15, 0.2) is 48.5 Å². The molecule has 0 saturated heterocycles. The number of hydrogen-bond donors (Lipinski definition) is 3. The molecule has 0 saturated carbocycles. The van der Waals surface area contributed by atoms with Gasteiger partial charge >= 0.3 is 0 Å². The van der Waals surface area contributed by atoms with E-state index in [1.807, 2.05) is 13.0 Å². The van der Waals surface area contributed by atoms with E-state index in [0.717, 1.165) is 12.0 Å². The molecule has 5 nitrogen and oxygen atoms in total. The number of nitrogens with one attached hydrogen (secondary N) is 2. The van der Waals surface area contributed by atoms with Gasteiger partial charge < -0.3 is 16.4 Å². The number of carbonyl (C=O) groups is 2. The number of rotatable bonds is 7. The van der Waals surface area contributed by atoms with Gasteiger partial charge in [0.1, 0.15) is 5.82 Å². The van der Waals surface area contributed by atoms with Gasteiger partial charge in [-0.25, -0.2) is 4.39 Å². The van der Waals surface area contributed by atoms with Crippen LogP contribution in [-0.4, -0.2) is 17.4 Å². The third-order valence-electron chi connectivity index (χ3n) is 4.03. The molecule has 2 amide bonds. The van der Waals surface area contributed by atoms with Crippen LogP contribution in [-0.2, 0) is 11.3 Å². The van der Waals surface area contributed by atoms with E-state index in [-0.39, 0.29) is 11.8 Å². The normalized spacial score (nSPS) is 12.9. The van der Waals surface area contributed by atoms with E-state index in [2.05, 4.69) is 10.6 Å². The maximum absolute atomic E-state index is 12.9. The molecular weight excluding hydrogens is 333 g/mol. The van der Waals surface area contributed by atoms with Crippen LogP contribution >= 0.6 is 0 Å². The van der Waals surface area contributed by atoms with Crippen molar-refractivity contribution in [3.8, 4) is 0 Å². The molecule has 138 valence electrons. The molecule has 2 rings (SSSR count). The van der Waals surface area contributed by atoms with E-state index in [4.69, 9.17) is 5.73 Å². The molecule has 0 aliphatic carbocycles. The first-order valence-corrected chi connectivity index (χ1v) is 8.55. The summed E-state index contributed by atoms with van der Waals surface area (Å²) in [6, 6.07) is 12.5. The number of amides is 2. The third kappa shape index (κ3) is 5.39. The lowest BCUT2D eigenvalue weighted by atomic mass is 9.96. The second-order valence-electron chi connectivity index (χ2n) is 6.51. The van der Waals surface area contributed by atoms with Crippen LogP contribution in [0.4, 0.5) is 10.1 Å². The minimum atomic E-state index is -0.900. The van der Waals surface area contributed by atoms with E-state index in [1.165, 1.54) is 24.3 Å². The van der Waals surface area contributed by atoms with Crippen molar-refractivity contribution in [1.29, 1.82) is 0 Å². The fourth-order valence-corrected chi connectivity index (χ4v) is 2.58. The zero-order valence-corrected chi connectivity index (χ0v) is 15.0. The van der Waals surface area contributed by atoms with E-state index in [1.54, 1.807) is 25.1 Å². The summed E-state index contributed by atoms with van der Waals surface area (Å²) in [6.07, 6.45) is 1.43. The zero-order valence-electron chi connectivity index (χ0n) is 15.0. The predicted molar refractivity (Wildman–Crippen MR) is 100 cm³/mol. The number of hydrogen-bond acceptors (Lipinski definition) is 3. The van der Waals surface area contributed by atoms with Crippen LogP contribution in [0, 0.1) is 5.82 Å². The molecule has 2 aromatic carbocycles. The molecule has 0 aromatic heterocycles. The molecule has 26 heavy (non-hydrogen) atoms. The molecule has 0 radical (unpaired) electrons. The second kappa shape index (κ2) is 8.58. The number of halogens is 1. The van der Waals surface area contributed by atoms with Crippen LogP contribution in [0.3, 0.4) is 0 Å². The molecule has 2 aromatic rings. The summed E-state index contributed by atoms with van der Waals surface area (Å²) in [5.74, 6) is -0.932. The average Bonchev–Trinajstić information content (AvgIpc) is 2.60. The SMILES string of the molecule is CCCC(C)(N)C(=O)NCc1cccc(NC(=O)c2ccc(F)cc2)c1. The van der Waals surface area contributed by atoms with Crippen molar-refractivity contribution >= 4 is 17.5 Å². The van der Waals surface area contributed by atoms with E-state index < -0.39 is 11.4 Å². The Bertz CT molecular complexity index is 773. The molecule has 0 heterocycles. The Morgan fingerprint density at radius 1 is 1.15 bits per heavy atom. The highest BCUT2D eigenvalue weighted by molar-refractivity contribution is 6.04. The summed E-state index contributed by atoms with van der Waals surface area (Å²) in [5.41, 5.74) is 6.90. The molecule has 1 unspecified atom stereocenters. The summed E-state index contributed by atoms with van der Waals surface area (Å²) in [6.45, 7) is 4.01. The summed E-state index contributed by atoms with van der Waals surface area (Å²) in [5, 5.41) is 5.58. The van der Waals surface area contributed by atoms with Crippen molar-refractivity contribution in [1.82, 2.24) is 5.32 Å². The topological polar surface area (TPSA) is 84.2 Å². The van der Waals surface area contributed by atoms with Crippen LogP contribution in [0.2, 0.25) is 0 Å². The lowest BCUT2D eigenvalue weighted by Crippen LogP contribution is -2.51. The molecule has 4 N–H and O–H groups in total. The van der Waals surface area contributed by atoms with Gasteiger partial charge in [-0.2, -0.15) is 0 Å². The van der Waals surface area contributed by atoms with Crippen LogP contribution in [0.25, 0.3) is 0 Å². The first kappa shape index (κ1) is 19.6. The lowest BCUT2D eigenvalue weighted by Gasteiger charge is -2.22. The molecule has 1 atom stereocenters. The average molecular weight is 357 g/mol. The fraction of sp³-hybridized carbons (Fsp3) is 0.300. The van der Waals surface area contributed by atoms with Crippen molar-refractivity contribution in [2.75, 3.05) is 5.32 Å². The number of nitrogens with two attached hydrogens (primary N) is 1. The first-order chi connectivity index (χ1) is 12.3. The summed E-state index contributed by atoms with van der Waals surface area (Å²) >= 11 is 0. The molecule has 0 aliphatic rings. The molecule has 0 spiro atoms. The zero-order chi connectivity index (χ0) is 19.2. The van der Waals surface area contributed by atoms with Gasteiger partial charge in [-0.15, -0.1) is 0 Å². The van der Waals surface area contributed by atoms with Gasteiger partial charge in [0.2, 0.25) is 5.91 Å². The Morgan fingerprint density at radius 2 is 1.85 bits per heavy atom. The van der Waals surface area contributed by atoms with Gasteiger partial charge in [0, 0.05) is 17.8 Å². The fourth-order valence-electron chi connectivity index (χ4n) is 2.58. The van der Waals surface area contributed by atoms with Gasteiger partial charge in [-0.3, -0.25) is 9.59 Å². The first-order valence-electron chi connectivity index (χ1n) is 8.55. The Morgan fingerprint density at radius 3 is 2.50 bits per heavy atom. The number of benzene rings is 2. The Labute approximate surface area is 152 Å².